The normalized spacial score (nSPS) is 11.4. The fraction of sp³-hybridized carbons (Fsp3) is 0.0667. The summed E-state index contributed by atoms with van der Waals surface area (Å²) in [6, 6.07) is 11.3. The van der Waals surface area contributed by atoms with Crippen molar-refractivity contribution in [2.75, 3.05) is 0 Å². The molecule has 0 aromatic heterocycles. The summed E-state index contributed by atoms with van der Waals surface area (Å²) in [6.07, 6.45) is -2.91. The minimum atomic E-state index is -4.41. The van der Waals surface area contributed by atoms with Crippen LogP contribution in [0.4, 0.5) is 13.2 Å². The summed E-state index contributed by atoms with van der Waals surface area (Å²) in [5, 5.41) is 3.83. The molecule has 0 bridgehead atoms. The van der Waals surface area contributed by atoms with Crippen LogP contribution in [-0.4, -0.2) is 11.3 Å². The Bertz CT molecular complexity index is 715. The standard InChI is InChI=1S/C15H12F3N3OS/c16-15(17,18)11-2-1-3-13(8-11)22-12-6-4-10(5-7-12)9-20-21-14(19)23/h1-9H,(H3,19,21,23). The highest BCUT2D eigenvalue weighted by Gasteiger charge is 2.30. The smallest absolute Gasteiger partial charge is 0.416 e. The molecule has 120 valence electrons. The van der Waals surface area contributed by atoms with Crippen molar-refractivity contribution in [3.05, 3.63) is 59.7 Å². The largest absolute Gasteiger partial charge is 0.457 e. The van der Waals surface area contributed by atoms with Gasteiger partial charge in [0.2, 0.25) is 0 Å². The highest BCUT2D eigenvalue weighted by atomic mass is 32.1. The van der Waals surface area contributed by atoms with Gasteiger partial charge in [-0.2, -0.15) is 18.3 Å². The number of rotatable bonds is 4. The van der Waals surface area contributed by atoms with Gasteiger partial charge in [0.1, 0.15) is 11.5 Å². The molecule has 0 heterocycles. The lowest BCUT2D eigenvalue weighted by Gasteiger charge is -2.10. The molecule has 0 saturated carbocycles. The Balaban J connectivity index is 2.06. The van der Waals surface area contributed by atoms with Gasteiger partial charge < -0.3 is 10.5 Å². The van der Waals surface area contributed by atoms with Crippen LogP contribution in [0.1, 0.15) is 11.1 Å². The van der Waals surface area contributed by atoms with Crippen LogP contribution in [0, 0.1) is 0 Å². The maximum Gasteiger partial charge on any atom is 0.416 e. The Kier molecular flexibility index (Phi) is 5.17. The van der Waals surface area contributed by atoms with E-state index in [-0.39, 0.29) is 10.9 Å². The van der Waals surface area contributed by atoms with Crippen LogP contribution in [-0.2, 0) is 6.18 Å². The number of nitrogens with zero attached hydrogens (tertiary/aromatic N) is 1. The van der Waals surface area contributed by atoms with Crippen molar-refractivity contribution in [1.82, 2.24) is 5.43 Å². The molecule has 2 rings (SSSR count). The second-order valence-corrected chi connectivity index (χ2v) is 4.87. The van der Waals surface area contributed by atoms with E-state index in [1.807, 2.05) is 0 Å². The number of halogens is 3. The van der Waals surface area contributed by atoms with Gasteiger partial charge in [0.15, 0.2) is 5.11 Å². The summed E-state index contributed by atoms with van der Waals surface area (Å²) in [4.78, 5) is 0. The quantitative estimate of drug-likeness (QED) is 0.507. The van der Waals surface area contributed by atoms with E-state index in [0.29, 0.717) is 5.75 Å². The van der Waals surface area contributed by atoms with Gasteiger partial charge in [-0.3, -0.25) is 5.43 Å². The number of hydrogen-bond acceptors (Lipinski definition) is 3. The van der Waals surface area contributed by atoms with E-state index in [2.05, 4.69) is 22.7 Å². The molecule has 0 spiro atoms. The average Bonchev–Trinajstić information content (AvgIpc) is 2.48. The molecule has 4 nitrogen and oxygen atoms in total. The fourth-order valence-corrected chi connectivity index (χ4v) is 1.72. The number of ether oxygens (including phenoxy) is 1. The first kappa shape index (κ1) is 16.8. The lowest BCUT2D eigenvalue weighted by Crippen LogP contribution is -2.23. The van der Waals surface area contributed by atoms with Crippen molar-refractivity contribution in [3.8, 4) is 11.5 Å². The predicted octanol–water partition coefficient (Wildman–Crippen LogP) is 3.66. The second-order valence-electron chi connectivity index (χ2n) is 4.43. The summed E-state index contributed by atoms with van der Waals surface area (Å²) in [5.74, 6) is 0.514. The molecule has 0 fully saturated rings. The van der Waals surface area contributed by atoms with Crippen molar-refractivity contribution < 1.29 is 17.9 Å². The number of nitrogens with two attached hydrogens (primary N) is 1. The number of thiocarbonyl (C=S) groups is 1. The number of nitrogens with one attached hydrogen (secondary N) is 1. The molecule has 0 unspecified atom stereocenters. The molecule has 0 saturated heterocycles. The highest BCUT2D eigenvalue weighted by Crippen LogP contribution is 2.32. The van der Waals surface area contributed by atoms with E-state index < -0.39 is 11.7 Å². The maximum atomic E-state index is 12.6. The first-order valence-electron chi connectivity index (χ1n) is 6.38. The zero-order chi connectivity index (χ0) is 16.9. The molecule has 2 aromatic rings. The van der Waals surface area contributed by atoms with Gasteiger partial charge in [-0.05, 0) is 60.2 Å². The number of alkyl halides is 3. The topological polar surface area (TPSA) is 59.6 Å². The SMILES string of the molecule is NC(=S)NN=Cc1ccc(Oc2cccc(C(F)(F)F)c2)cc1. The van der Waals surface area contributed by atoms with Crippen molar-refractivity contribution in [3.63, 3.8) is 0 Å². The third-order valence-corrected chi connectivity index (χ3v) is 2.76. The van der Waals surface area contributed by atoms with E-state index in [0.717, 1.165) is 17.7 Å². The van der Waals surface area contributed by atoms with E-state index in [4.69, 9.17) is 10.5 Å². The van der Waals surface area contributed by atoms with E-state index >= 15 is 0 Å². The minimum Gasteiger partial charge on any atom is -0.457 e. The Hall–Kier alpha value is -2.61. The van der Waals surface area contributed by atoms with Gasteiger partial charge in [-0.25, -0.2) is 0 Å². The van der Waals surface area contributed by atoms with Crippen LogP contribution in [0.2, 0.25) is 0 Å². The molecule has 0 atom stereocenters. The van der Waals surface area contributed by atoms with Gasteiger partial charge in [-0.15, -0.1) is 0 Å². The van der Waals surface area contributed by atoms with Gasteiger partial charge in [-0.1, -0.05) is 6.07 Å². The van der Waals surface area contributed by atoms with E-state index in [1.165, 1.54) is 18.3 Å². The average molecular weight is 339 g/mol. The molecule has 3 N–H and O–H groups in total. The van der Waals surface area contributed by atoms with Crippen LogP contribution in [0.3, 0.4) is 0 Å². The zero-order valence-corrected chi connectivity index (χ0v) is 12.5. The van der Waals surface area contributed by atoms with Crippen molar-refractivity contribution in [1.29, 1.82) is 0 Å². The van der Waals surface area contributed by atoms with Crippen molar-refractivity contribution in [2.45, 2.75) is 6.18 Å². The molecule has 2 aromatic carbocycles. The third-order valence-electron chi connectivity index (χ3n) is 2.67. The Labute approximate surface area is 135 Å². The first-order valence-corrected chi connectivity index (χ1v) is 6.79. The summed E-state index contributed by atoms with van der Waals surface area (Å²) >= 11 is 4.59. The highest BCUT2D eigenvalue weighted by molar-refractivity contribution is 7.80. The zero-order valence-electron chi connectivity index (χ0n) is 11.7. The first-order chi connectivity index (χ1) is 10.8. The lowest BCUT2D eigenvalue weighted by atomic mass is 10.2. The molecule has 8 heteroatoms. The van der Waals surface area contributed by atoms with Crippen molar-refractivity contribution in [2.24, 2.45) is 10.8 Å². The Morgan fingerprint density at radius 3 is 2.43 bits per heavy atom. The van der Waals surface area contributed by atoms with Gasteiger partial charge >= 0.3 is 6.18 Å². The van der Waals surface area contributed by atoms with Crippen LogP contribution < -0.4 is 15.9 Å². The summed E-state index contributed by atoms with van der Waals surface area (Å²) in [7, 11) is 0. The molecule has 23 heavy (non-hydrogen) atoms. The lowest BCUT2D eigenvalue weighted by molar-refractivity contribution is -0.137. The Morgan fingerprint density at radius 1 is 1.13 bits per heavy atom. The number of benzene rings is 2. The molecular formula is C15H12F3N3OS. The minimum absolute atomic E-state index is 0.0470. The predicted molar refractivity (Wildman–Crippen MR) is 85.5 cm³/mol. The van der Waals surface area contributed by atoms with Crippen molar-refractivity contribution >= 4 is 23.5 Å². The fourth-order valence-electron chi connectivity index (χ4n) is 1.66. The van der Waals surface area contributed by atoms with Crippen LogP contribution in [0.5, 0.6) is 11.5 Å². The molecule has 0 aliphatic heterocycles. The van der Waals surface area contributed by atoms with Gasteiger partial charge in [0.05, 0.1) is 11.8 Å². The van der Waals surface area contributed by atoms with Gasteiger partial charge in [0.25, 0.3) is 0 Å². The molecule has 0 aliphatic carbocycles. The van der Waals surface area contributed by atoms with Gasteiger partial charge in [0, 0.05) is 0 Å². The number of hydrazone groups is 1. The van der Waals surface area contributed by atoms with E-state index in [1.54, 1.807) is 24.3 Å². The second kappa shape index (κ2) is 7.10. The molecular weight excluding hydrogens is 327 g/mol. The Morgan fingerprint density at radius 2 is 1.83 bits per heavy atom. The summed E-state index contributed by atoms with van der Waals surface area (Å²) in [6.45, 7) is 0. The summed E-state index contributed by atoms with van der Waals surface area (Å²) < 4.78 is 43.3. The third kappa shape index (κ3) is 5.26. The molecule has 0 amide bonds. The number of hydrogen-bond donors (Lipinski definition) is 2. The van der Waals surface area contributed by atoms with Crippen LogP contribution >= 0.6 is 12.2 Å². The molecule has 0 radical (unpaired) electrons. The summed E-state index contributed by atoms with van der Waals surface area (Å²) in [5.41, 5.74) is 7.60. The van der Waals surface area contributed by atoms with E-state index in [9.17, 15) is 13.2 Å². The van der Waals surface area contributed by atoms with Crippen LogP contribution in [0.25, 0.3) is 0 Å². The maximum absolute atomic E-state index is 12.6. The van der Waals surface area contributed by atoms with Crippen LogP contribution in [0.15, 0.2) is 53.6 Å². The monoisotopic (exact) mass is 339 g/mol. The molecule has 0 aliphatic rings.